The normalized spacial score (nSPS) is 10.8. The molecule has 0 aliphatic rings. The van der Waals surface area contributed by atoms with E-state index in [1.807, 2.05) is 14.1 Å². The van der Waals surface area contributed by atoms with Gasteiger partial charge in [-0.2, -0.15) is 0 Å². The topological polar surface area (TPSA) is 66.4 Å². The molecule has 0 aromatic rings. The van der Waals surface area contributed by atoms with Gasteiger partial charge in [-0.1, -0.05) is 6.58 Å². The van der Waals surface area contributed by atoms with Crippen molar-refractivity contribution in [3.8, 4) is 0 Å². The lowest BCUT2D eigenvalue weighted by molar-refractivity contribution is -0.890. The van der Waals surface area contributed by atoms with Crippen molar-refractivity contribution in [1.29, 1.82) is 0 Å². The minimum absolute atomic E-state index is 0.00239. The smallest absolute Gasteiger partial charge is 0.330 e. The molecule has 0 rings (SSSR count). The van der Waals surface area contributed by atoms with Crippen LogP contribution in [0.1, 0.15) is 6.42 Å². The van der Waals surface area contributed by atoms with Crippen molar-refractivity contribution in [2.45, 2.75) is 6.42 Å². The summed E-state index contributed by atoms with van der Waals surface area (Å²) in [5, 5.41) is 10.3. The third-order valence-electron chi connectivity index (χ3n) is 2.03. The predicted molar refractivity (Wildman–Crippen MR) is 52.6 cm³/mol. The summed E-state index contributed by atoms with van der Waals surface area (Å²) in [5.74, 6) is -1.53. The molecule has 0 bridgehead atoms. The molecule has 0 N–H and O–H groups in total. The molecule has 0 saturated heterocycles. The van der Waals surface area contributed by atoms with E-state index < -0.39 is 11.9 Å². The molecule has 0 spiro atoms. The third-order valence-corrected chi connectivity index (χ3v) is 2.03. The molecule has 5 nitrogen and oxygen atoms in total. The van der Waals surface area contributed by atoms with E-state index in [2.05, 4.69) is 6.58 Å². The molecule has 0 aromatic carbocycles. The van der Waals surface area contributed by atoms with Gasteiger partial charge in [-0.3, -0.25) is 0 Å². The summed E-state index contributed by atoms with van der Waals surface area (Å²) in [4.78, 5) is 21.0. The van der Waals surface area contributed by atoms with Crippen molar-refractivity contribution in [3.05, 3.63) is 12.7 Å². The monoisotopic (exact) mass is 215 g/mol. The van der Waals surface area contributed by atoms with Crippen LogP contribution in [0.4, 0.5) is 0 Å². The van der Waals surface area contributed by atoms with Gasteiger partial charge in [0.2, 0.25) is 0 Å². The maximum Gasteiger partial charge on any atom is 0.330 e. The maximum absolute atomic E-state index is 10.7. The van der Waals surface area contributed by atoms with E-state index in [4.69, 9.17) is 4.74 Å². The van der Waals surface area contributed by atoms with Gasteiger partial charge in [0.15, 0.2) is 0 Å². The number of hydrogen-bond donors (Lipinski definition) is 0. The van der Waals surface area contributed by atoms with Gasteiger partial charge in [0.25, 0.3) is 0 Å². The van der Waals surface area contributed by atoms with E-state index in [9.17, 15) is 14.7 Å². The number of carboxylic acid groups (broad SMARTS) is 1. The average molecular weight is 215 g/mol. The molecule has 0 radical (unpaired) electrons. The van der Waals surface area contributed by atoms with Gasteiger partial charge in [0.1, 0.15) is 13.2 Å². The summed E-state index contributed by atoms with van der Waals surface area (Å²) >= 11 is 0. The van der Waals surface area contributed by atoms with E-state index in [0.29, 0.717) is 17.6 Å². The minimum Gasteiger partial charge on any atom is -0.550 e. The van der Waals surface area contributed by atoms with Gasteiger partial charge in [-0.25, -0.2) is 4.79 Å². The van der Waals surface area contributed by atoms with E-state index in [-0.39, 0.29) is 13.0 Å². The fourth-order valence-corrected chi connectivity index (χ4v) is 0.958. The average Bonchev–Trinajstić information content (AvgIpc) is 2.14. The van der Waals surface area contributed by atoms with Crippen molar-refractivity contribution in [1.82, 2.24) is 0 Å². The first-order valence-corrected chi connectivity index (χ1v) is 4.68. The van der Waals surface area contributed by atoms with E-state index in [0.717, 1.165) is 6.08 Å². The quantitative estimate of drug-likeness (QED) is 0.308. The van der Waals surface area contributed by atoms with Gasteiger partial charge >= 0.3 is 5.97 Å². The summed E-state index contributed by atoms with van der Waals surface area (Å²) in [6.07, 6.45) is 1.10. The Kier molecular flexibility index (Phi) is 5.62. The van der Waals surface area contributed by atoms with Crippen LogP contribution in [-0.2, 0) is 14.3 Å². The Morgan fingerprint density at radius 2 is 2.00 bits per heavy atom. The van der Waals surface area contributed by atoms with Gasteiger partial charge in [-0.05, 0) is 0 Å². The second-order valence-electron chi connectivity index (χ2n) is 3.88. The summed E-state index contributed by atoms with van der Waals surface area (Å²) in [6.45, 7) is 4.54. The molecule has 0 fully saturated rings. The van der Waals surface area contributed by atoms with Gasteiger partial charge in [-0.15, -0.1) is 0 Å². The molecule has 0 amide bonds. The highest BCUT2D eigenvalue weighted by Crippen LogP contribution is 1.98. The number of ether oxygens (including phenoxy) is 1. The van der Waals surface area contributed by atoms with Crippen LogP contribution in [-0.4, -0.2) is 50.2 Å². The zero-order valence-corrected chi connectivity index (χ0v) is 9.19. The summed E-state index contributed by atoms with van der Waals surface area (Å²) in [7, 11) is 3.73. The van der Waals surface area contributed by atoms with Crippen LogP contribution in [0.15, 0.2) is 12.7 Å². The molecule has 0 aliphatic heterocycles. The SMILES string of the molecule is C=CC(=O)OCC[N+](C)(C)CCC(=O)[O-]. The van der Waals surface area contributed by atoms with Crippen LogP contribution in [0.3, 0.4) is 0 Å². The van der Waals surface area contributed by atoms with Gasteiger partial charge in [0, 0.05) is 18.5 Å². The lowest BCUT2D eigenvalue weighted by Crippen LogP contribution is -2.45. The summed E-state index contributed by atoms with van der Waals surface area (Å²) in [6, 6.07) is 0. The van der Waals surface area contributed by atoms with Crippen LogP contribution >= 0.6 is 0 Å². The van der Waals surface area contributed by atoms with Gasteiger partial charge in [0.05, 0.1) is 20.6 Å². The van der Waals surface area contributed by atoms with Crippen molar-refractivity contribution in [3.63, 3.8) is 0 Å². The Labute approximate surface area is 89.5 Å². The van der Waals surface area contributed by atoms with E-state index in [1.54, 1.807) is 0 Å². The first-order chi connectivity index (χ1) is 6.87. The van der Waals surface area contributed by atoms with Crippen LogP contribution in [0.25, 0.3) is 0 Å². The van der Waals surface area contributed by atoms with E-state index in [1.165, 1.54) is 0 Å². The lowest BCUT2D eigenvalue weighted by atomic mass is 10.3. The predicted octanol–water partition coefficient (Wildman–Crippen LogP) is -1.07. The fourth-order valence-electron chi connectivity index (χ4n) is 0.958. The van der Waals surface area contributed by atoms with Crippen LogP contribution < -0.4 is 5.11 Å². The maximum atomic E-state index is 10.7. The molecular formula is C10H17NO4. The Bertz CT molecular complexity index is 248. The Balaban J connectivity index is 3.77. The van der Waals surface area contributed by atoms with E-state index >= 15 is 0 Å². The molecule has 0 heterocycles. The highest BCUT2D eigenvalue weighted by Gasteiger charge is 2.15. The first-order valence-electron chi connectivity index (χ1n) is 4.68. The minimum atomic E-state index is -1.07. The summed E-state index contributed by atoms with van der Waals surface area (Å²) < 4.78 is 5.27. The molecule has 0 aromatic heterocycles. The van der Waals surface area contributed by atoms with Crippen LogP contribution in [0.5, 0.6) is 0 Å². The summed E-state index contributed by atoms with van der Waals surface area (Å²) in [5.41, 5.74) is 0. The van der Waals surface area contributed by atoms with Crippen molar-refractivity contribution < 1.29 is 23.9 Å². The number of hydrogen-bond acceptors (Lipinski definition) is 4. The highest BCUT2D eigenvalue weighted by molar-refractivity contribution is 5.81. The van der Waals surface area contributed by atoms with Crippen LogP contribution in [0.2, 0.25) is 0 Å². The number of carbonyl (C=O) groups is 2. The molecule has 15 heavy (non-hydrogen) atoms. The second kappa shape index (κ2) is 6.19. The number of carboxylic acids is 1. The molecule has 0 atom stereocenters. The number of nitrogens with zero attached hydrogens (tertiary/aromatic N) is 1. The lowest BCUT2D eigenvalue weighted by Gasteiger charge is -2.29. The van der Waals surface area contributed by atoms with Crippen molar-refractivity contribution in [2.24, 2.45) is 0 Å². The number of rotatable bonds is 7. The number of likely N-dealkylation sites (N-methyl/N-ethyl adjacent to an activating group) is 1. The Morgan fingerprint density at radius 1 is 1.40 bits per heavy atom. The number of aliphatic carboxylic acids is 1. The number of quaternary nitrogens is 1. The zero-order chi connectivity index (χ0) is 11.9. The van der Waals surface area contributed by atoms with Crippen molar-refractivity contribution in [2.75, 3.05) is 33.8 Å². The first kappa shape index (κ1) is 13.6. The molecule has 86 valence electrons. The highest BCUT2D eigenvalue weighted by atomic mass is 16.5. The molecule has 0 aliphatic carbocycles. The number of esters is 1. The second-order valence-corrected chi connectivity index (χ2v) is 3.88. The molecular weight excluding hydrogens is 198 g/mol. The standard InChI is InChI=1S/C10H17NO4/c1-4-10(14)15-8-7-11(2,3)6-5-9(12)13/h4H,1,5-8H2,2-3H3. The van der Waals surface area contributed by atoms with Gasteiger partial charge < -0.3 is 19.1 Å². The molecule has 0 unspecified atom stereocenters. The largest absolute Gasteiger partial charge is 0.550 e. The zero-order valence-electron chi connectivity index (χ0n) is 9.19. The molecule has 0 saturated carbocycles. The fraction of sp³-hybridized carbons (Fsp3) is 0.600. The third kappa shape index (κ3) is 7.69. The van der Waals surface area contributed by atoms with Crippen LogP contribution in [0, 0.1) is 0 Å². The van der Waals surface area contributed by atoms with Crippen molar-refractivity contribution >= 4 is 11.9 Å². The molecule has 5 heteroatoms. The number of carbonyl (C=O) groups excluding carboxylic acids is 2. The Hall–Kier alpha value is -1.36. The Morgan fingerprint density at radius 3 is 2.47 bits per heavy atom.